The molecule has 0 aliphatic carbocycles. The van der Waals surface area contributed by atoms with Gasteiger partial charge in [0.05, 0.1) is 12.2 Å². The molecule has 0 spiro atoms. The van der Waals surface area contributed by atoms with Gasteiger partial charge in [0.15, 0.2) is 0 Å². The van der Waals surface area contributed by atoms with Gasteiger partial charge < -0.3 is 10.6 Å². The zero-order valence-corrected chi connectivity index (χ0v) is 13.0. The second-order valence-electron chi connectivity index (χ2n) is 5.05. The van der Waals surface area contributed by atoms with Gasteiger partial charge in [0.25, 0.3) is 5.91 Å². The van der Waals surface area contributed by atoms with E-state index in [1.54, 1.807) is 7.05 Å². The topological polar surface area (TPSA) is 59.0 Å². The third-order valence-corrected chi connectivity index (χ3v) is 3.65. The van der Waals surface area contributed by atoms with Crippen LogP contribution in [0.25, 0.3) is 0 Å². The summed E-state index contributed by atoms with van der Waals surface area (Å²) in [5.74, 6) is -0.0670. The Bertz CT molecular complexity index is 633. The first kappa shape index (κ1) is 15.1. The van der Waals surface area contributed by atoms with E-state index in [1.165, 1.54) is 0 Å². The minimum Gasteiger partial charge on any atom is -0.378 e. The Labute approximate surface area is 125 Å². The van der Waals surface area contributed by atoms with Gasteiger partial charge in [-0.3, -0.25) is 9.48 Å². The number of aromatic nitrogens is 2. The van der Waals surface area contributed by atoms with Crippen molar-refractivity contribution in [3.05, 3.63) is 47.3 Å². The Kier molecular flexibility index (Phi) is 4.62. The fourth-order valence-corrected chi connectivity index (χ4v) is 2.27. The van der Waals surface area contributed by atoms with E-state index in [2.05, 4.69) is 29.6 Å². The van der Waals surface area contributed by atoms with Crippen LogP contribution in [0, 0.1) is 6.92 Å². The molecule has 5 nitrogen and oxygen atoms in total. The van der Waals surface area contributed by atoms with E-state index in [0.29, 0.717) is 5.56 Å². The maximum absolute atomic E-state index is 11.8. The minimum atomic E-state index is -0.0670. The van der Waals surface area contributed by atoms with Gasteiger partial charge in [0, 0.05) is 36.6 Å². The van der Waals surface area contributed by atoms with Crippen molar-refractivity contribution in [2.75, 3.05) is 12.4 Å². The summed E-state index contributed by atoms with van der Waals surface area (Å²) in [6, 6.07) is 5.84. The third kappa shape index (κ3) is 3.24. The molecule has 2 aromatic rings. The van der Waals surface area contributed by atoms with E-state index >= 15 is 0 Å². The van der Waals surface area contributed by atoms with Crippen molar-refractivity contribution < 1.29 is 4.79 Å². The van der Waals surface area contributed by atoms with Crippen molar-refractivity contribution in [1.29, 1.82) is 0 Å². The van der Waals surface area contributed by atoms with E-state index < -0.39 is 0 Å². The number of nitrogens with one attached hydrogen (secondary N) is 2. The number of carbonyl (C=O) groups excluding carboxylic acids is 1. The smallest absolute Gasteiger partial charge is 0.251 e. The van der Waals surface area contributed by atoms with Crippen molar-refractivity contribution in [3.8, 4) is 0 Å². The molecule has 0 radical (unpaired) electrons. The second kappa shape index (κ2) is 6.43. The largest absolute Gasteiger partial charge is 0.378 e. The number of rotatable bonds is 5. The van der Waals surface area contributed by atoms with Gasteiger partial charge in [0.1, 0.15) is 0 Å². The van der Waals surface area contributed by atoms with Gasteiger partial charge in [-0.2, -0.15) is 5.10 Å². The Hall–Kier alpha value is -2.30. The predicted molar refractivity (Wildman–Crippen MR) is 84.5 cm³/mol. The van der Waals surface area contributed by atoms with Crippen LogP contribution in [-0.2, 0) is 6.54 Å². The highest BCUT2D eigenvalue weighted by Gasteiger charge is 2.13. The number of benzene rings is 1. The molecule has 1 unspecified atom stereocenters. The van der Waals surface area contributed by atoms with Crippen LogP contribution in [0.2, 0.25) is 0 Å². The molecule has 0 saturated heterocycles. The number of aryl methyl sites for hydroxylation is 1. The lowest BCUT2D eigenvalue weighted by Crippen LogP contribution is -2.19. The molecule has 1 heterocycles. The normalized spacial score (nSPS) is 12.0. The minimum absolute atomic E-state index is 0.0670. The van der Waals surface area contributed by atoms with E-state index in [1.807, 2.05) is 42.2 Å². The van der Waals surface area contributed by atoms with Crippen LogP contribution in [0.4, 0.5) is 5.69 Å². The van der Waals surface area contributed by atoms with Gasteiger partial charge in [-0.05, 0) is 38.5 Å². The second-order valence-corrected chi connectivity index (χ2v) is 5.05. The van der Waals surface area contributed by atoms with Gasteiger partial charge in [0.2, 0.25) is 0 Å². The van der Waals surface area contributed by atoms with Gasteiger partial charge in [-0.1, -0.05) is 6.07 Å². The molecule has 0 bridgehead atoms. The Morgan fingerprint density at radius 2 is 2.19 bits per heavy atom. The predicted octanol–water partition coefficient (Wildman–Crippen LogP) is 2.74. The van der Waals surface area contributed by atoms with Crippen LogP contribution < -0.4 is 10.6 Å². The first-order valence-corrected chi connectivity index (χ1v) is 7.17. The summed E-state index contributed by atoms with van der Waals surface area (Å²) in [6.07, 6.45) is 3.91. The van der Waals surface area contributed by atoms with Crippen molar-refractivity contribution >= 4 is 11.6 Å². The van der Waals surface area contributed by atoms with Crippen LogP contribution in [-0.4, -0.2) is 22.7 Å². The summed E-state index contributed by atoms with van der Waals surface area (Å²) < 4.78 is 1.90. The SMILES string of the molecule is CCn1cc(C(C)Nc2cccc(C(=O)NC)c2C)cn1. The summed E-state index contributed by atoms with van der Waals surface area (Å²) >= 11 is 0. The average molecular weight is 286 g/mol. The van der Waals surface area contributed by atoms with E-state index in [4.69, 9.17) is 0 Å². The molecular weight excluding hydrogens is 264 g/mol. The molecule has 1 aromatic heterocycles. The standard InChI is InChI=1S/C16H22N4O/c1-5-20-10-13(9-18-20)12(3)19-15-8-6-7-14(11(15)2)16(21)17-4/h6-10,12,19H,5H2,1-4H3,(H,17,21). The number of anilines is 1. The molecule has 5 heteroatoms. The third-order valence-electron chi connectivity index (χ3n) is 3.65. The molecular formula is C16H22N4O. The maximum Gasteiger partial charge on any atom is 0.251 e. The number of carbonyl (C=O) groups is 1. The lowest BCUT2D eigenvalue weighted by Gasteiger charge is -2.17. The monoisotopic (exact) mass is 286 g/mol. The van der Waals surface area contributed by atoms with Crippen LogP contribution in [0.15, 0.2) is 30.6 Å². The van der Waals surface area contributed by atoms with E-state index in [0.717, 1.165) is 23.4 Å². The molecule has 1 atom stereocenters. The fraction of sp³-hybridized carbons (Fsp3) is 0.375. The number of amides is 1. The first-order valence-electron chi connectivity index (χ1n) is 7.17. The number of hydrogen-bond donors (Lipinski definition) is 2. The molecule has 2 N–H and O–H groups in total. The zero-order chi connectivity index (χ0) is 15.4. The maximum atomic E-state index is 11.8. The number of nitrogens with zero attached hydrogens (tertiary/aromatic N) is 2. The molecule has 0 aliphatic rings. The van der Waals surface area contributed by atoms with Crippen molar-refractivity contribution in [1.82, 2.24) is 15.1 Å². The quantitative estimate of drug-likeness (QED) is 0.888. The van der Waals surface area contributed by atoms with Crippen molar-refractivity contribution in [3.63, 3.8) is 0 Å². The van der Waals surface area contributed by atoms with Crippen LogP contribution in [0.3, 0.4) is 0 Å². The van der Waals surface area contributed by atoms with Crippen molar-refractivity contribution in [2.24, 2.45) is 0 Å². The molecule has 0 saturated carbocycles. The van der Waals surface area contributed by atoms with Gasteiger partial charge in [-0.15, -0.1) is 0 Å². The highest BCUT2D eigenvalue weighted by atomic mass is 16.1. The summed E-state index contributed by atoms with van der Waals surface area (Å²) in [5.41, 5.74) is 3.74. The van der Waals surface area contributed by atoms with E-state index in [-0.39, 0.29) is 11.9 Å². The number of hydrogen-bond acceptors (Lipinski definition) is 3. The van der Waals surface area contributed by atoms with Gasteiger partial charge >= 0.3 is 0 Å². The Morgan fingerprint density at radius 3 is 2.81 bits per heavy atom. The highest BCUT2D eigenvalue weighted by Crippen LogP contribution is 2.24. The van der Waals surface area contributed by atoms with Gasteiger partial charge in [-0.25, -0.2) is 0 Å². The molecule has 0 fully saturated rings. The molecule has 1 amide bonds. The molecule has 112 valence electrons. The van der Waals surface area contributed by atoms with Crippen LogP contribution in [0.5, 0.6) is 0 Å². The molecule has 0 aliphatic heterocycles. The lowest BCUT2D eigenvalue weighted by molar-refractivity contribution is 0.0962. The summed E-state index contributed by atoms with van der Waals surface area (Å²) in [6.45, 7) is 6.96. The Balaban J connectivity index is 2.21. The van der Waals surface area contributed by atoms with E-state index in [9.17, 15) is 4.79 Å². The highest BCUT2D eigenvalue weighted by molar-refractivity contribution is 5.96. The summed E-state index contributed by atoms with van der Waals surface area (Å²) in [5, 5.41) is 10.4. The molecule has 21 heavy (non-hydrogen) atoms. The average Bonchev–Trinajstić information content (AvgIpc) is 2.97. The molecule has 1 aromatic carbocycles. The zero-order valence-electron chi connectivity index (χ0n) is 13.0. The Morgan fingerprint density at radius 1 is 1.43 bits per heavy atom. The van der Waals surface area contributed by atoms with Crippen LogP contribution >= 0.6 is 0 Å². The summed E-state index contributed by atoms with van der Waals surface area (Å²) in [7, 11) is 1.64. The molecule has 2 rings (SSSR count). The first-order chi connectivity index (χ1) is 10.1. The summed E-state index contributed by atoms with van der Waals surface area (Å²) in [4.78, 5) is 11.8. The lowest BCUT2D eigenvalue weighted by atomic mass is 10.0. The van der Waals surface area contributed by atoms with Crippen LogP contribution in [0.1, 0.15) is 41.4 Å². The van der Waals surface area contributed by atoms with Crippen molar-refractivity contribution in [2.45, 2.75) is 33.4 Å². The fourth-order valence-electron chi connectivity index (χ4n) is 2.27.